The van der Waals surface area contributed by atoms with Gasteiger partial charge in [0.05, 0.1) is 0 Å². The number of rotatable bonds is 9. The average Bonchev–Trinajstić information content (AvgIpc) is 2.43. The number of aliphatic hydroxyl groups is 1. The molecule has 0 saturated heterocycles. The van der Waals surface area contributed by atoms with Crippen molar-refractivity contribution in [2.45, 2.75) is 32.2 Å². The molecule has 20 heavy (non-hydrogen) atoms. The lowest BCUT2D eigenvalue weighted by molar-refractivity contribution is 0.248. The Labute approximate surface area is 121 Å². The third-order valence-corrected chi connectivity index (χ3v) is 3.67. The van der Waals surface area contributed by atoms with Crippen LogP contribution < -0.4 is 5.73 Å². The van der Waals surface area contributed by atoms with Gasteiger partial charge in [0.1, 0.15) is 5.82 Å². The van der Waals surface area contributed by atoms with Crippen LogP contribution in [0.4, 0.5) is 4.39 Å². The molecule has 2 unspecified atom stereocenters. The molecule has 0 aliphatic carbocycles. The van der Waals surface area contributed by atoms with E-state index in [4.69, 9.17) is 10.8 Å². The first-order chi connectivity index (χ1) is 9.56. The maximum absolute atomic E-state index is 13.7. The van der Waals surface area contributed by atoms with Gasteiger partial charge in [-0.05, 0) is 44.8 Å². The van der Waals surface area contributed by atoms with Crippen LogP contribution >= 0.6 is 0 Å². The number of nitrogens with two attached hydrogens (primary N) is 1. The standard InChI is InChI=1S/C16H27FN2O/c1-13(12-19(2)10-6-3-7-11-20)16(18)14-8-4-5-9-15(14)17/h4-5,8-9,13,16,20H,3,6-7,10-12,18H2,1-2H3. The lowest BCUT2D eigenvalue weighted by atomic mass is 9.94. The maximum atomic E-state index is 13.7. The van der Waals surface area contributed by atoms with Crippen molar-refractivity contribution in [3.8, 4) is 0 Å². The summed E-state index contributed by atoms with van der Waals surface area (Å²) in [5.41, 5.74) is 6.76. The Hall–Kier alpha value is -0.970. The largest absolute Gasteiger partial charge is 0.396 e. The molecular formula is C16H27FN2O. The molecule has 0 spiro atoms. The molecule has 0 fully saturated rings. The highest BCUT2D eigenvalue weighted by Crippen LogP contribution is 2.22. The molecule has 1 aromatic carbocycles. The van der Waals surface area contributed by atoms with Gasteiger partial charge in [0.15, 0.2) is 0 Å². The molecule has 1 rings (SSSR count). The van der Waals surface area contributed by atoms with Crippen LogP contribution in [0.25, 0.3) is 0 Å². The van der Waals surface area contributed by atoms with E-state index in [1.807, 2.05) is 6.07 Å². The van der Waals surface area contributed by atoms with Crippen LogP contribution in [0.3, 0.4) is 0 Å². The number of halogens is 1. The van der Waals surface area contributed by atoms with Gasteiger partial charge in [-0.25, -0.2) is 4.39 Å². The van der Waals surface area contributed by atoms with Gasteiger partial charge in [-0.15, -0.1) is 0 Å². The maximum Gasteiger partial charge on any atom is 0.127 e. The van der Waals surface area contributed by atoms with Gasteiger partial charge in [-0.3, -0.25) is 0 Å². The zero-order valence-corrected chi connectivity index (χ0v) is 12.6. The Morgan fingerprint density at radius 2 is 1.95 bits per heavy atom. The van der Waals surface area contributed by atoms with Crippen molar-refractivity contribution in [2.75, 3.05) is 26.7 Å². The number of nitrogens with zero attached hydrogens (tertiary/aromatic N) is 1. The molecule has 3 nitrogen and oxygen atoms in total. The molecule has 0 aromatic heterocycles. The summed E-state index contributed by atoms with van der Waals surface area (Å²) in [6.45, 7) is 4.14. The fourth-order valence-electron chi connectivity index (χ4n) is 2.42. The number of hydrogen-bond donors (Lipinski definition) is 2. The van der Waals surface area contributed by atoms with Crippen molar-refractivity contribution in [3.63, 3.8) is 0 Å². The van der Waals surface area contributed by atoms with Crippen LogP contribution in [0.5, 0.6) is 0 Å². The minimum Gasteiger partial charge on any atom is -0.396 e. The molecule has 114 valence electrons. The minimum absolute atomic E-state index is 0.190. The summed E-state index contributed by atoms with van der Waals surface area (Å²) < 4.78 is 13.7. The van der Waals surface area contributed by atoms with Crippen LogP contribution in [-0.4, -0.2) is 36.8 Å². The first kappa shape index (κ1) is 17.1. The molecule has 0 aliphatic rings. The van der Waals surface area contributed by atoms with E-state index in [9.17, 15) is 4.39 Å². The third kappa shape index (κ3) is 5.57. The molecule has 0 amide bonds. The topological polar surface area (TPSA) is 49.5 Å². The second-order valence-corrected chi connectivity index (χ2v) is 5.57. The molecule has 3 N–H and O–H groups in total. The van der Waals surface area contributed by atoms with E-state index in [-0.39, 0.29) is 24.4 Å². The molecule has 2 atom stereocenters. The van der Waals surface area contributed by atoms with Gasteiger partial charge < -0.3 is 15.7 Å². The van der Waals surface area contributed by atoms with Gasteiger partial charge in [0.25, 0.3) is 0 Å². The van der Waals surface area contributed by atoms with Crippen LogP contribution in [0, 0.1) is 11.7 Å². The summed E-state index contributed by atoms with van der Waals surface area (Å²) in [7, 11) is 2.06. The van der Waals surface area contributed by atoms with E-state index in [2.05, 4.69) is 18.9 Å². The highest BCUT2D eigenvalue weighted by Gasteiger charge is 2.19. The Bertz CT molecular complexity index is 386. The van der Waals surface area contributed by atoms with E-state index in [0.29, 0.717) is 5.56 Å². The first-order valence-electron chi connectivity index (χ1n) is 7.35. The minimum atomic E-state index is -0.281. The van der Waals surface area contributed by atoms with Crippen molar-refractivity contribution >= 4 is 0 Å². The van der Waals surface area contributed by atoms with Crippen molar-refractivity contribution in [3.05, 3.63) is 35.6 Å². The Morgan fingerprint density at radius 1 is 1.25 bits per heavy atom. The molecular weight excluding hydrogens is 255 g/mol. The summed E-state index contributed by atoms with van der Waals surface area (Å²) in [4.78, 5) is 2.22. The summed E-state index contributed by atoms with van der Waals surface area (Å²) in [6, 6.07) is 6.45. The van der Waals surface area contributed by atoms with Crippen molar-refractivity contribution in [1.82, 2.24) is 4.90 Å². The van der Waals surface area contributed by atoms with Crippen molar-refractivity contribution in [1.29, 1.82) is 0 Å². The van der Waals surface area contributed by atoms with Gasteiger partial charge in [0.2, 0.25) is 0 Å². The quantitative estimate of drug-likeness (QED) is 0.684. The van der Waals surface area contributed by atoms with Gasteiger partial charge in [-0.1, -0.05) is 25.1 Å². The third-order valence-electron chi connectivity index (χ3n) is 3.67. The van der Waals surface area contributed by atoms with E-state index >= 15 is 0 Å². The smallest absolute Gasteiger partial charge is 0.127 e. The van der Waals surface area contributed by atoms with Crippen molar-refractivity contribution in [2.24, 2.45) is 11.7 Å². The molecule has 0 saturated carbocycles. The lowest BCUT2D eigenvalue weighted by Crippen LogP contribution is -2.32. The SMILES string of the molecule is CC(CN(C)CCCCCO)C(N)c1ccccc1F. The summed E-state index contributed by atoms with van der Waals surface area (Å²) >= 11 is 0. The fraction of sp³-hybridized carbons (Fsp3) is 0.625. The van der Waals surface area contributed by atoms with Crippen LogP contribution in [0.15, 0.2) is 24.3 Å². The normalized spacial score (nSPS) is 14.5. The van der Waals surface area contributed by atoms with Gasteiger partial charge >= 0.3 is 0 Å². The number of aliphatic hydroxyl groups excluding tert-OH is 1. The van der Waals surface area contributed by atoms with Gasteiger partial charge in [0, 0.05) is 24.8 Å². The molecule has 0 radical (unpaired) electrons. The Balaban J connectivity index is 2.41. The van der Waals surface area contributed by atoms with Crippen LogP contribution in [-0.2, 0) is 0 Å². The zero-order chi connectivity index (χ0) is 15.0. The highest BCUT2D eigenvalue weighted by molar-refractivity contribution is 5.21. The summed E-state index contributed by atoms with van der Waals surface area (Å²) in [5, 5.41) is 8.74. The van der Waals surface area contributed by atoms with Crippen LogP contribution in [0.1, 0.15) is 37.8 Å². The molecule has 0 bridgehead atoms. The van der Waals surface area contributed by atoms with Gasteiger partial charge in [-0.2, -0.15) is 0 Å². The van der Waals surface area contributed by atoms with Crippen LogP contribution in [0.2, 0.25) is 0 Å². The van der Waals surface area contributed by atoms with Crippen molar-refractivity contribution < 1.29 is 9.50 Å². The van der Waals surface area contributed by atoms with E-state index in [1.54, 1.807) is 12.1 Å². The molecule has 1 aromatic rings. The number of benzene rings is 1. The first-order valence-corrected chi connectivity index (χ1v) is 7.35. The molecule has 0 aliphatic heterocycles. The average molecular weight is 282 g/mol. The molecule has 0 heterocycles. The monoisotopic (exact) mass is 282 g/mol. The predicted octanol–water partition coefficient (Wildman–Crippen LogP) is 2.56. The van der Waals surface area contributed by atoms with E-state index in [0.717, 1.165) is 32.4 Å². The lowest BCUT2D eigenvalue weighted by Gasteiger charge is -2.26. The summed E-state index contributed by atoms with van der Waals surface area (Å²) in [5.74, 6) is -0.0350. The van der Waals surface area contributed by atoms with E-state index in [1.165, 1.54) is 6.07 Å². The second-order valence-electron chi connectivity index (χ2n) is 5.57. The fourth-order valence-corrected chi connectivity index (χ4v) is 2.42. The second kappa shape index (κ2) is 9.06. The predicted molar refractivity (Wildman–Crippen MR) is 80.9 cm³/mol. The number of hydrogen-bond acceptors (Lipinski definition) is 3. The zero-order valence-electron chi connectivity index (χ0n) is 12.6. The molecule has 4 heteroatoms. The Morgan fingerprint density at radius 3 is 2.60 bits per heavy atom. The highest BCUT2D eigenvalue weighted by atomic mass is 19.1. The number of unbranched alkanes of at least 4 members (excludes halogenated alkanes) is 2. The summed E-state index contributed by atoms with van der Waals surface area (Å²) in [6.07, 6.45) is 2.96. The Kier molecular flexibility index (Phi) is 7.73. The van der Waals surface area contributed by atoms with E-state index < -0.39 is 0 Å².